The Kier molecular flexibility index (Phi) is 4.37. The van der Waals surface area contributed by atoms with E-state index in [2.05, 4.69) is 4.90 Å². The lowest BCUT2D eigenvalue weighted by Gasteiger charge is -2.31. The molecule has 1 fully saturated rings. The standard InChI is InChI=1S/C14H18FNO3/c15-12-7-11(1-2-13(12)17)9-16-5-3-10(4-6-16)8-14(18)19/h1-2,7,10,17H,3-6,8-9H2,(H,18,19). The Labute approximate surface area is 111 Å². The molecule has 1 aromatic carbocycles. The van der Waals surface area contributed by atoms with E-state index >= 15 is 0 Å². The zero-order valence-electron chi connectivity index (χ0n) is 10.7. The van der Waals surface area contributed by atoms with E-state index in [0.29, 0.717) is 6.54 Å². The maximum Gasteiger partial charge on any atom is 0.303 e. The van der Waals surface area contributed by atoms with E-state index in [-0.39, 0.29) is 18.1 Å². The Hall–Kier alpha value is -1.62. The van der Waals surface area contributed by atoms with Gasteiger partial charge in [-0.15, -0.1) is 0 Å². The largest absolute Gasteiger partial charge is 0.505 e. The molecule has 2 N–H and O–H groups in total. The van der Waals surface area contributed by atoms with Gasteiger partial charge in [-0.1, -0.05) is 6.07 Å². The number of benzene rings is 1. The van der Waals surface area contributed by atoms with Crippen LogP contribution in [0, 0.1) is 11.7 Å². The van der Waals surface area contributed by atoms with Gasteiger partial charge in [0.05, 0.1) is 0 Å². The molecule has 1 saturated heterocycles. The fraction of sp³-hybridized carbons (Fsp3) is 0.500. The highest BCUT2D eigenvalue weighted by atomic mass is 19.1. The summed E-state index contributed by atoms with van der Waals surface area (Å²) >= 11 is 0. The van der Waals surface area contributed by atoms with Crippen molar-refractivity contribution in [3.05, 3.63) is 29.6 Å². The van der Waals surface area contributed by atoms with Crippen molar-refractivity contribution in [2.24, 2.45) is 5.92 Å². The van der Waals surface area contributed by atoms with Crippen LogP contribution in [0.25, 0.3) is 0 Å². The lowest BCUT2D eigenvalue weighted by Crippen LogP contribution is -2.33. The summed E-state index contributed by atoms with van der Waals surface area (Å²) in [4.78, 5) is 12.8. The molecule has 0 amide bonds. The number of nitrogens with zero attached hydrogens (tertiary/aromatic N) is 1. The van der Waals surface area contributed by atoms with Crippen molar-refractivity contribution >= 4 is 5.97 Å². The molecule has 1 heterocycles. The summed E-state index contributed by atoms with van der Waals surface area (Å²) in [5.74, 6) is -1.41. The second-order valence-electron chi connectivity index (χ2n) is 5.10. The monoisotopic (exact) mass is 267 g/mol. The van der Waals surface area contributed by atoms with Gasteiger partial charge in [0.1, 0.15) is 0 Å². The minimum absolute atomic E-state index is 0.238. The molecule has 0 atom stereocenters. The SMILES string of the molecule is O=C(O)CC1CCN(Cc2ccc(O)c(F)c2)CC1. The van der Waals surface area contributed by atoms with Gasteiger partial charge in [-0.3, -0.25) is 9.69 Å². The molecular formula is C14H18FNO3. The first-order valence-corrected chi connectivity index (χ1v) is 6.46. The van der Waals surface area contributed by atoms with Crippen molar-refractivity contribution in [2.75, 3.05) is 13.1 Å². The summed E-state index contributed by atoms with van der Waals surface area (Å²) in [6.45, 7) is 2.30. The maximum atomic E-state index is 13.2. The zero-order valence-corrected chi connectivity index (χ0v) is 10.7. The van der Waals surface area contributed by atoms with E-state index in [0.717, 1.165) is 31.5 Å². The smallest absolute Gasteiger partial charge is 0.303 e. The molecule has 104 valence electrons. The highest BCUT2D eigenvalue weighted by molar-refractivity contribution is 5.67. The minimum atomic E-state index is -0.737. The molecule has 2 rings (SSSR count). The number of likely N-dealkylation sites (tertiary alicyclic amines) is 1. The third-order valence-electron chi connectivity index (χ3n) is 3.59. The number of aliphatic carboxylic acids is 1. The minimum Gasteiger partial charge on any atom is -0.505 e. The number of halogens is 1. The number of carbonyl (C=O) groups is 1. The van der Waals surface area contributed by atoms with E-state index < -0.39 is 11.8 Å². The molecule has 19 heavy (non-hydrogen) atoms. The van der Waals surface area contributed by atoms with Crippen molar-refractivity contribution < 1.29 is 19.4 Å². The molecule has 1 aliphatic heterocycles. The van der Waals surface area contributed by atoms with Crippen LogP contribution in [0.1, 0.15) is 24.8 Å². The molecule has 0 aliphatic carbocycles. The second-order valence-corrected chi connectivity index (χ2v) is 5.10. The van der Waals surface area contributed by atoms with Gasteiger partial charge in [0.25, 0.3) is 0 Å². The normalized spacial score (nSPS) is 17.5. The lowest BCUT2D eigenvalue weighted by molar-refractivity contribution is -0.138. The number of carboxylic acids is 1. The van der Waals surface area contributed by atoms with E-state index in [1.54, 1.807) is 6.07 Å². The van der Waals surface area contributed by atoms with Crippen LogP contribution in [-0.2, 0) is 11.3 Å². The van der Waals surface area contributed by atoms with E-state index in [1.165, 1.54) is 12.1 Å². The average Bonchev–Trinajstić information content (AvgIpc) is 2.36. The highest BCUT2D eigenvalue weighted by Crippen LogP contribution is 2.23. The van der Waals surface area contributed by atoms with Gasteiger partial charge < -0.3 is 10.2 Å². The third kappa shape index (κ3) is 3.92. The molecule has 0 radical (unpaired) electrons. The second kappa shape index (κ2) is 6.02. The summed E-state index contributed by atoms with van der Waals surface area (Å²) < 4.78 is 13.2. The van der Waals surface area contributed by atoms with Crippen LogP contribution < -0.4 is 0 Å². The van der Waals surface area contributed by atoms with Crippen LogP contribution in [0.4, 0.5) is 4.39 Å². The van der Waals surface area contributed by atoms with Crippen molar-refractivity contribution in [3.63, 3.8) is 0 Å². The van der Waals surface area contributed by atoms with Gasteiger partial charge in [-0.2, -0.15) is 0 Å². The first-order chi connectivity index (χ1) is 9.04. The summed E-state index contributed by atoms with van der Waals surface area (Å²) in [5.41, 5.74) is 0.826. The third-order valence-corrected chi connectivity index (χ3v) is 3.59. The first-order valence-electron chi connectivity index (χ1n) is 6.46. The molecule has 4 nitrogen and oxygen atoms in total. The Morgan fingerprint density at radius 1 is 1.37 bits per heavy atom. The number of piperidine rings is 1. The van der Waals surface area contributed by atoms with Crippen LogP contribution in [0.5, 0.6) is 5.75 Å². The van der Waals surface area contributed by atoms with E-state index in [4.69, 9.17) is 10.2 Å². The van der Waals surface area contributed by atoms with Crippen molar-refractivity contribution in [2.45, 2.75) is 25.8 Å². The Balaban J connectivity index is 1.85. The van der Waals surface area contributed by atoms with Crippen molar-refractivity contribution in [1.29, 1.82) is 0 Å². The molecule has 0 spiro atoms. The van der Waals surface area contributed by atoms with Gasteiger partial charge in [-0.05, 0) is 49.5 Å². The molecule has 1 aromatic rings. The van der Waals surface area contributed by atoms with Gasteiger partial charge in [0.2, 0.25) is 0 Å². The van der Waals surface area contributed by atoms with Crippen LogP contribution in [-0.4, -0.2) is 34.2 Å². The molecule has 0 unspecified atom stereocenters. The fourth-order valence-corrected chi connectivity index (χ4v) is 2.50. The number of rotatable bonds is 4. The summed E-state index contributed by atoms with van der Waals surface area (Å²) in [5, 5.41) is 17.9. The van der Waals surface area contributed by atoms with E-state index in [1.807, 2.05) is 0 Å². The number of phenolic OH excluding ortho intramolecular Hbond substituents is 1. The van der Waals surface area contributed by atoms with Crippen LogP contribution in [0.2, 0.25) is 0 Å². The number of aromatic hydroxyl groups is 1. The predicted octanol–water partition coefficient (Wildman–Crippen LogP) is 2.22. The first kappa shape index (κ1) is 13.8. The van der Waals surface area contributed by atoms with Gasteiger partial charge in [0, 0.05) is 13.0 Å². The Morgan fingerprint density at radius 3 is 2.63 bits per heavy atom. The van der Waals surface area contributed by atoms with Crippen LogP contribution in [0.15, 0.2) is 18.2 Å². The quantitative estimate of drug-likeness (QED) is 0.878. The molecule has 1 aliphatic rings. The Bertz CT molecular complexity index is 456. The van der Waals surface area contributed by atoms with Crippen LogP contribution >= 0.6 is 0 Å². The van der Waals surface area contributed by atoms with Crippen molar-refractivity contribution in [1.82, 2.24) is 4.90 Å². The number of hydrogen-bond donors (Lipinski definition) is 2. The maximum absolute atomic E-state index is 13.2. The Morgan fingerprint density at radius 2 is 2.05 bits per heavy atom. The summed E-state index contributed by atoms with van der Waals surface area (Å²) in [6, 6.07) is 4.42. The fourth-order valence-electron chi connectivity index (χ4n) is 2.50. The van der Waals surface area contributed by atoms with Gasteiger partial charge in [0.15, 0.2) is 11.6 Å². The number of carboxylic acid groups (broad SMARTS) is 1. The lowest BCUT2D eigenvalue weighted by atomic mass is 9.93. The average molecular weight is 267 g/mol. The molecular weight excluding hydrogens is 249 g/mol. The van der Waals surface area contributed by atoms with Gasteiger partial charge in [-0.25, -0.2) is 4.39 Å². The number of hydrogen-bond acceptors (Lipinski definition) is 3. The summed E-state index contributed by atoms with van der Waals surface area (Å²) in [6.07, 6.45) is 1.97. The van der Waals surface area contributed by atoms with Crippen molar-refractivity contribution in [3.8, 4) is 5.75 Å². The molecule has 0 saturated carbocycles. The van der Waals surface area contributed by atoms with Gasteiger partial charge >= 0.3 is 5.97 Å². The zero-order chi connectivity index (χ0) is 13.8. The number of phenols is 1. The molecule has 0 bridgehead atoms. The summed E-state index contributed by atoms with van der Waals surface area (Å²) in [7, 11) is 0. The van der Waals surface area contributed by atoms with E-state index in [9.17, 15) is 9.18 Å². The highest BCUT2D eigenvalue weighted by Gasteiger charge is 2.21. The van der Waals surface area contributed by atoms with Crippen LogP contribution in [0.3, 0.4) is 0 Å². The predicted molar refractivity (Wildman–Crippen MR) is 68.3 cm³/mol. The molecule has 5 heteroatoms. The molecule has 0 aromatic heterocycles. The topological polar surface area (TPSA) is 60.8 Å².